The average Bonchev–Trinajstić information content (AvgIpc) is 3.03. The van der Waals surface area contributed by atoms with Gasteiger partial charge in [-0.3, -0.25) is 4.79 Å². The number of hydrogen-bond donors (Lipinski definition) is 0. The Labute approximate surface area is 123 Å². The third-order valence-electron chi connectivity index (χ3n) is 2.75. The van der Waals surface area contributed by atoms with Crippen molar-refractivity contribution in [3.8, 4) is 0 Å². The van der Waals surface area contributed by atoms with Crippen LogP contribution in [0.25, 0.3) is 10.2 Å². The van der Waals surface area contributed by atoms with E-state index in [1.165, 1.54) is 23.1 Å². The van der Waals surface area contributed by atoms with Crippen LogP contribution < -0.4 is 0 Å². The highest BCUT2D eigenvalue weighted by atomic mass is 32.2. The lowest BCUT2D eigenvalue weighted by molar-refractivity contribution is -0.158. The molecule has 0 saturated carbocycles. The van der Waals surface area contributed by atoms with Gasteiger partial charge in [0.1, 0.15) is 0 Å². The highest BCUT2D eigenvalue weighted by Gasteiger charge is 2.30. The van der Waals surface area contributed by atoms with E-state index in [1.807, 2.05) is 24.3 Å². The molecule has 1 atom stereocenters. The Hall–Kier alpha value is -1.60. The number of ether oxygens (including phenoxy) is 2. The number of aromatic nitrogens is 1. The third-order valence-corrected chi connectivity index (χ3v) is 4.90. The van der Waals surface area contributed by atoms with Crippen LogP contribution in [0.5, 0.6) is 0 Å². The first-order chi connectivity index (χ1) is 9.72. The van der Waals surface area contributed by atoms with Crippen molar-refractivity contribution >= 4 is 45.3 Å². The monoisotopic (exact) mass is 309 g/mol. The van der Waals surface area contributed by atoms with Gasteiger partial charge in [0, 0.05) is 6.42 Å². The van der Waals surface area contributed by atoms with Crippen molar-refractivity contribution in [1.82, 2.24) is 4.98 Å². The molecule has 1 aliphatic rings. The van der Waals surface area contributed by atoms with Gasteiger partial charge in [-0.15, -0.1) is 11.3 Å². The number of rotatable bonds is 4. The maximum Gasteiger partial charge on any atom is 0.347 e. The van der Waals surface area contributed by atoms with Gasteiger partial charge in [0.25, 0.3) is 0 Å². The molecule has 0 radical (unpaired) electrons. The van der Waals surface area contributed by atoms with Gasteiger partial charge < -0.3 is 9.47 Å². The first kappa shape index (κ1) is 13.4. The van der Waals surface area contributed by atoms with Crippen LogP contribution in [-0.4, -0.2) is 35.4 Å². The van der Waals surface area contributed by atoms with Crippen molar-refractivity contribution in [2.24, 2.45) is 0 Å². The Balaban J connectivity index is 1.56. The lowest BCUT2D eigenvalue weighted by atomic mass is 10.3. The lowest BCUT2D eigenvalue weighted by Gasteiger charge is -2.06. The second-order valence-electron chi connectivity index (χ2n) is 4.17. The Morgan fingerprint density at radius 1 is 1.50 bits per heavy atom. The van der Waals surface area contributed by atoms with Crippen LogP contribution in [0.1, 0.15) is 6.42 Å². The van der Waals surface area contributed by atoms with Gasteiger partial charge in [-0.05, 0) is 12.1 Å². The number of fused-ring (bicyclic) bond motifs is 1. The van der Waals surface area contributed by atoms with Crippen molar-refractivity contribution in [3.63, 3.8) is 0 Å². The van der Waals surface area contributed by atoms with Crippen molar-refractivity contribution in [1.29, 1.82) is 0 Å². The molecule has 0 bridgehead atoms. The number of hydrogen-bond acceptors (Lipinski definition) is 7. The summed E-state index contributed by atoms with van der Waals surface area (Å²) in [5.74, 6) is -0.731. The van der Waals surface area contributed by atoms with E-state index in [2.05, 4.69) is 4.98 Å². The fourth-order valence-corrected chi connectivity index (χ4v) is 3.66. The van der Waals surface area contributed by atoms with Crippen LogP contribution in [0, 0.1) is 0 Å². The zero-order valence-corrected chi connectivity index (χ0v) is 12.0. The zero-order chi connectivity index (χ0) is 13.9. The molecule has 0 N–H and O–H groups in total. The van der Waals surface area contributed by atoms with E-state index in [0.29, 0.717) is 13.0 Å². The molecule has 3 rings (SSSR count). The average molecular weight is 309 g/mol. The summed E-state index contributed by atoms with van der Waals surface area (Å²) in [6, 6.07) is 7.80. The number of esters is 2. The summed E-state index contributed by atoms with van der Waals surface area (Å²) in [6.07, 6.45) is -0.297. The summed E-state index contributed by atoms with van der Waals surface area (Å²) < 4.78 is 11.7. The molecule has 104 valence electrons. The lowest BCUT2D eigenvalue weighted by Crippen LogP contribution is -2.23. The van der Waals surface area contributed by atoms with Crippen molar-refractivity contribution in [3.05, 3.63) is 24.3 Å². The topological polar surface area (TPSA) is 65.5 Å². The minimum atomic E-state index is -0.738. The second-order valence-corrected chi connectivity index (χ2v) is 6.42. The van der Waals surface area contributed by atoms with Crippen LogP contribution in [0.4, 0.5) is 0 Å². The standard InChI is InChI=1S/C13H11NO4S2/c15-11(18-9-5-6-17-12(9)16)7-19-13-14-8-3-1-2-4-10(8)20-13/h1-4,9H,5-7H2/t9-/m0/s1. The van der Waals surface area contributed by atoms with Crippen LogP contribution in [0.3, 0.4) is 0 Å². The minimum Gasteiger partial charge on any atom is -0.463 e. The Morgan fingerprint density at radius 3 is 3.10 bits per heavy atom. The molecular formula is C13H11NO4S2. The maximum atomic E-state index is 11.7. The van der Waals surface area contributed by atoms with Crippen LogP contribution >= 0.6 is 23.1 Å². The fourth-order valence-electron chi connectivity index (χ4n) is 1.81. The van der Waals surface area contributed by atoms with E-state index < -0.39 is 18.0 Å². The van der Waals surface area contributed by atoms with Gasteiger partial charge in [-0.1, -0.05) is 23.9 Å². The number of cyclic esters (lactones) is 1. The molecule has 0 amide bonds. The molecule has 1 saturated heterocycles. The molecule has 7 heteroatoms. The fraction of sp³-hybridized carbons (Fsp3) is 0.308. The van der Waals surface area contributed by atoms with Crippen molar-refractivity contribution in [2.75, 3.05) is 12.4 Å². The van der Waals surface area contributed by atoms with Crippen LogP contribution in [-0.2, 0) is 19.1 Å². The molecule has 0 aliphatic carbocycles. The molecule has 1 aromatic carbocycles. The van der Waals surface area contributed by atoms with E-state index in [4.69, 9.17) is 9.47 Å². The second kappa shape index (κ2) is 5.80. The molecule has 1 fully saturated rings. The molecule has 0 unspecified atom stereocenters. The smallest absolute Gasteiger partial charge is 0.347 e. The number of thioether (sulfide) groups is 1. The van der Waals surface area contributed by atoms with Gasteiger partial charge >= 0.3 is 11.9 Å². The summed E-state index contributed by atoms with van der Waals surface area (Å²) >= 11 is 2.85. The molecule has 20 heavy (non-hydrogen) atoms. The normalized spacial score (nSPS) is 18.2. The SMILES string of the molecule is O=C(CSc1nc2ccccc2s1)O[C@H]1CCOC1=O. The van der Waals surface area contributed by atoms with E-state index in [-0.39, 0.29) is 5.75 Å². The molecule has 2 aromatic rings. The van der Waals surface area contributed by atoms with Crippen molar-refractivity contribution < 1.29 is 19.1 Å². The van der Waals surface area contributed by atoms with E-state index in [9.17, 15) is 9.59 Å². The molecule has 2 heterocycles. The highest BCUT2D eigenvalue weighted by molar-refractivity contribution is 8.01. The van der Waals surface area contributed by atoms with Gasteiger partial charge in [-0.25, -0.2) is 9.78 Å². The number of carbonyl (C=O) groups is 2. The van der Waals surface area contributed by atoms with E-state index in [0.717, 1.165) is 14.6 Å². The van der Waals surface area contributed by atoms with E-state index >= 15 is 0 Å². The van der Waals surface area contributed by atoms with Crippen LogP contribution in [0.2, 0.25) is 0 Å². The summed E-state index contributed by atoms with van der Waals surface area (Å²) in [4.78, 5) is 27.3. The molecule has 0 spiro atoms. The zero-order valence-electron chi connectivity index (χ0n) is 10.4. The quantitative estimate of drug-likeness (QED) is 0.637. The number of carbonyl (C=O) groups excluding carboxylic acids is 2. The Kier molecular flexibility index (Phi) is 3.88. The number of nitrogens with zero attached hydrogens (tertiary/aromatic N) is 1. The minimum absolute atomic E-state index is 0.142. The molecule has 1 aromatic heterocycles. The first-order valence-corrected chi connectivity index (χ1v) is 7.87. The predicted octanol–water partition coefficient (Wildman–Crippen LogP) is 2.25. The highest BCUT2D eigenvalue weighted by Crippen LogP contribution is 2.29. The summed E-state index contributed by atoms with van der Waals surface area (Å²) in [6.45, 7) is 0.321. The van der Waals surface area contributed by atoms with Gasteiger partial charge in [-0.2, -0.15) is 0 Å². The van der Waals surface area contributed by atoms with Crippen LogP contribution in [0.15, 0.2) is 28.6 Å². The molecule has 5 nitrogen and oxygen atoms in total. The third kappa shape index (κ3) is 2.94. The van der Waals surface area contributed by atoms with Gasteiger partial charge in [0.2, 0.25) is 6.10 Å². The number of thiazole rings is 1. The largest absolute Gasteiger partial charge is 0.463 e. The molecular weight excluding hydrogens is 298 g/mol. The van der Waals surface area contributed by atoms with Gasteiger partial charge in [0.05, 0.1) is 22.6 Å². The summed E-state index contributed by atoms with van der Waals surface area (Å²) in [5.41, 5.74) is 0.924. The molecule has 1 aliphatic heterocycles. The summed E-state index contributed by atoms with van der Waals surface area (Å²) in [7, 11) is 0. The van der Waals surface area contributed by atoms with Gasteiger partial charge in [0.15, 0.2) is 4.34 Å². The Morgan fingerprint density at radius 2 is 2.35 bits per heavy atom. The van der Waals surface area contributed by atoms with E-state index in [1.54, 1.807) is 0 Å². The predicted molar refractivity (Wildman–Crippen MR) is 75.8 cm³/mol. The number of benzene rings is 1. The maximum absolute atomic E-state index is 11.7. The summed E-state index contributed by atoms with van der Waals surface area (Å²) in [5, 5.41) is 0. The number of para-hydroxylation sites is 1. The Bertz CT molecular complexity index is 622. The van der Waals surface area contributed by atoms with Crippen molar-refractivity contribution in [2.45, 2.75) is 16.9 Å². The first-order valence-electron chi connectivity index (χ1n) is 6.07.